The van der Waals surface area contributed by atoms with Crippen LogP contribution in [0.4, 0.5) is 0 Å². The van der Waals surface area contributed by atoms with Crippen LogP contribution < -0.4 is 5.73 Å². The van der Waals surface area contributed by atoms with E-state index in [1.54, 1.807) is 0 Å². The van der Waals surface area contributed by atoms with Gasteiger partial charge >= 0.3 is 0 Å². The van der Waals surface area contributed by atoms with Gasteiger partial charge in [0.05, 0.1) is 5.84 Å². The second-order valence-electron chi connectivity index (χ2n) is 3.47. The summed E-state index contributed by atoms with van der Waals surface area (Å²) in [6, 6.07) is 0.431. The first kappa shape index (κ1) is 8.57. The average Bonchev–Trinajstić information content (AvgIpc) is 2.67. The smallest absolute Gasteiger partial charge is 0.0971 e. The maximum absolute atomic E-state index is 5.76. The Bertz CT molecular complexity index is 148. The van der Waals surface area contributed by atoms with Gasteiger partial charge in [0.15, 0.2) is 0 Å². The summed E-state index contributed by atoms with van der Waals surface area (Å²) in [5.74, 6) is 1.53. The summed E-state index contributed by atoms with van der Waals surface area (Å²) in [5.41, 5.74) is 5.76. The van der Waals surface area contributed by atoms with Gasteiger partial charge in [-0.15, -0.1) is 0 Å². The lowest BCUT2D eigenvalue weighted by Crippen LogP contribution is -2.17. The van der Waals surface area contributed by atoms with Crippen LogP contribution in [0.2, 0.25) is 0 Å². The quantitative estimate of drug-likeness (QED) is 0.487. The van der Waals surface area contributed by atoms with E-state index in [9.17, 15) is 0 Å². The number of amidine groups is 1. The van der Waals surface area contributed by atoms with E-state index in [2.05, 4.69) is 18.8 Å². The Labute approximate surface area is 68.9 Å². The molecule has 2 N–H and O–H groups in total. The Morgan fingerprint density at radius 1 is 1.64 bits per heavy atom. The van der Waals surface area contributed by atoms with Gasteiger partial charge in [-0.2, -0.15) is 0 Å². The summed E-state index contributed by atoms with van der Waals surface area (Å²) < 4.78 is 0. The lowest BCUT2D eigenvalue weighted by atomic mass is 10.2. The van der Waals surface area contributed by atoms with Gasteiger partial charge in [0, 0.05) is 12.0 Å². The van der Waals surface area contributed by atoms with Crippen LogP contribution in [0.5, 0.6) is 0 Å². The summed E-state index contributed by atoms with van der Waals surface area (Å²) in [6.07, 6.45) is 4.87. The molecule has 0 spiro atoms. The normalized spacial score (nSPS) is 21.8. The lowest BCUT2D eigenvalue weighted by Gasteiger charge is -2.05. The van der Waals surface area contributed by atoms with Gasteiger partial charge in [0.2, 0.25) is 0 Å². The maximum atomic E-state index is 5.76. The highest BCUT2D eigenvalue weighted by molar-refractivity contribution is 5.85. The molecule has 0 aromatic carbocycles. The monoisotopic (exact) mass is 154 g/mol. The molecule has 0 aliphatic heterocycles. The van der Waals surface area contributed by atoms with E-state index < -0.39 is 0 Å². The number of rotatable bonds is 4. The average molecular weight is 154 g/mol. The van der Waals surface area contributed by atoms with E-state index in [0.717, 1.165) is 12.3 Å². The molecular formula is C9H18N2. The zero-order chi connectivity index (χ0) is 8.27. The predicted molar refractivity (Wildman–Crippen MR) is 48.7 cm³/mol. The van der Waals surface area contributed by atoms with Crippen molar-refractivity contribution in [2.75, 3.05) is 0 Å². The molecule has 1 aliphatic carbocycles. The second kappa shape index (κ2) is 3.74. The van der Waals surface area contributed by atoms with Crippen molar-refractivity contribution in [2.45, 2.75) is 45.6 Å². The first-order valence-corrected chi connectivity index (χ1v) is 4.57. The Morgan fingerprint density at radius 3 is 2.73 bits per heavy atom. The summed E-state index contributed by atoms with van der Waals surface area (Å²) in [6.45, 7) is 4.32. The van der Waals surface area contributed by atoms with E-state index >= 15 is 0 Å². The van der Waals surface area contributed by atoms with Gasteiger partial charge in [-0.3, -0.25) is 4.99 Å². The minimum atomic E-state index is 0.431. The second-order valence-corrected chi connectivity index (χ2v) is 3.47. The van der Waals surface area contributed by atoms with E-state index in [0.29, 0.717) is 12.0 Å². The van der Waals surface area contributed by atoms with Gasteiger partial charge in [0.1, 0.15) is 0 Å². The molecule has 1 atom stereocenters. The molecule has 0 amide bonds. The van der Waals surface area contributed by atoms with Gasteiger partial charge < -0.3 is 5.73 Å². The van der Waals surface area contributed by atoms with Crippen LogP contribution in [-0.4, -0.2) is 11.9 Å². The number of hydrogen-bond acceptors (Lipinski definition) is 1. The highest BCUT2D eigenvalue weighted by Gasteiger charge is 2.25. The standard InChI is InChI=1S/C9H18N2/c1-3-4-7(2)11-9(10)8-5-6-8/h7-8H,3-6H2,1-2H3,(H2,10,11). The molecule has 64 valence electrons. The van der Waals surface area contributed by atoms with Crippen LogP contribution in [0.25, 0.3) is 0 Å². The third-order valence-corrected chi connectivity index (χ3v) is 2.07. The van der Waals surface area contributed by atoms with E-state index in [1.807, 2.05) is 0 Å². The van der Waals surface area contributed by atoms with Crippen molar-refractivity contribution in [3.05, 3.63) is 0 Å². The highest BCUT2D eigenvalue weighted by Crippen LogP contribution is 2.29. The summed E-state index contributed by atoms with van der Waals surface area (Å²) in [7, 11) is 0. The number of aliphatic imine (C=N–C) groups is 1. The summed E-state index contributed by atoms with van der Waals surface area (Å²) >= 11 is 0. The first-order chi connectivity index (χ1) is 5.24. The van der Waals surface area contributed by atoms with E-state index in [4.69, 9.17) is 5.73 Å². The van der Waals surface area contributed by atoms with Crippen molar-refractivity contribution in [2.24, 2.45) is 16.6 Å². The SMILES string of the molecule is CCCC(C)N=C(N)C1CC1. The van der Waals surface area contributed by atoms with Crippen LogP contribution >= 0.6 is 0 Å². The van der Waals surface area contributed by atoms with Gasteiger partial charge in [-0.25, -0.2) is 0 Å². The van der Waals surface area contributed by atoms with Crippen molar-refractivity contribution >= 4 is 5.84 Å². The van der Waals surface area contributed by atoms with Crippen molar-refractivity contribution in [3.8, 4) is 0 Å². The summed E-state index contributed by atoms with van der Waals surface area (Å²) in [4.78, 5) is 4.42. The first-order valence-electron chi connectivity index (χ1n) is 4.57. The van der Waals surface area contributed by atoms with Crippen LogP contribution in [0.3, 0.4) is 0 Å². The molecule has 0 radical (unpaired) electrons. The van der Waals surface area contributed by atoms with Crippen molar-refractivity contribution < 1.29 is 0 Å². The molecule has 2 nitrogen and oxygen atoms in total. The fourth-order valence-corrected chi connectivity index (χ4v) is 1.22. The van der Waals surface area contributed by atoms with Crippen LogP contribution in [0.1, 0.15) is 39.5 Å². The Morgan fingerprint density at radius 2 is 2.27 bits per heavy atom. The molecule has 1 unspecified atom stereocenters. The van der Waals surface area contributed by atoms with Crippen LogP contribution in [0.15, 0.2) is 4.99 Å². The molecule has 11 heavy (non-hydrogen) atoms. The maximum Gasteiger partial charge on any atom is 0.0971 e. The zero-order valence-electron chi connectivity index (χ0n) is 7.51. The predicted octanol–water partition coefficient (Wildman–Crippen LogP) is 1.94. The summed E-state index contributed by atoms with van der Waals surface area (Å²) in [5, 5.41) is 0. The molecule has 0 heterocycles. The van der Waals surface area contributed by atoms with E-state index in [1.165, 1.54) is 19.3 Å². The van der Waals surface area contributed by atoms with Crippen LogP contribution in [0, 0.1) is 5.92 Å². The lowest BCUT2D eigenvalue weighted by molar-refractivity contribution is 0.651. The molecule has 0 saturated heterocycles. The number of hydrogen-bond donors (Lipinski definition) is 1. The molecule has 1 saturated carbocycles. The fraction of sp³-hybridized carbons (Fsp3) is 0.889. The molecule has 1 aliphatic rings. The third-order valence-electron chi connectivity index (χ3n) is 2.07. The third kappa shape index (κ3) is 2.91. The molecule has 1 rings (SSSR count). The molecule has 0 aromatic rings. The Balaban J connectivity index is 2.29. The minimum absolute atomic E-state index is 0.431. The highest BCUT2D eigenvalue weighted by atomic mass is 14.9. The Kier molecular flexibility index (Phi) is 2.92. The molecule has 2 heteroatoms. The van der Waals surface area contributed by atoms with Crippen LogP contribution in [-0.2, 0) is 0 Å². The fourth-order valence-electron chi connectivity index (χ4n) is 1.22. The van der Waals surface area contributed by atoms with Gasteiger partial charge in [0.25, 0.3) is 0 Å². The van der Waals surface area contributed by atoms with Crippen molar-refractivity contribution in [1.82, 2.24) is 0 Å². The molecular weight excluding hydrogens is 136 g/mol. The number of nitrogens with zero attached hydrogens (tertiary/aromatic N) is 1. The topological polar surface area (TPSA) is 38.4 Å². The minimum Gasteiger partial charge on any atom is -0.387 e. The number of nitrogens with two attached hydrogens (primary N) is 1. The molecule has 1 fully saturated rings. The zero-order valence-corrected chi connectivity index (χ0v) is 7.51. The molecule has 0 aromatic heterocycles. The van der Waals surface area contributed by atoms with Crippen molar-refractivity contribution in [1.29, 1.82) is 0 Å². The Hall–Kier alpha value is -0.530. The molecule has 0 bridgehead atoms. The van der Waals surface area contributed by atoms with Crippen molar-refractivity contribution in [3.63, 3.8) is 0 Å². The van der Waals surface area contributed by atoms with Gasteiger partial charge in [-0.1, -0.05) is 13.3 Å². The van der Waals surface area contributed by atoms with Gasteiger partial charge in [-0.05, 0) is 26.2 Å². The largest absolute Gasteiger partial charge is 0.387 e. The van der Waals surface area contributed by atoms with E-state index in [-0.39, 0.29) is 0 Å².